The molecule has 0 amide bonds. The maximum Gasteiger partial charge on any atom is 0.193 e. The van der Waals surface area contributed by atoms with Gasteiger partial charge in [0.2, 0.25) is 0 Å². The van der Waals surface area contributed by atoms with E-state index in [0.29, 0.717) is 87.0 Å². The van der Waals surface area contributed by atoms with Crippen molar-refractivity contribution in [3.05, 3.63) is 47.5 Å². The maximum absolute atomic E-state index is 13.3. The van der Waals surface area contributed by atoms with Crippen molar-refractivity contribution < 1.29 is 42.7 Å². The van der Waals surface area contributed by atoms with E-state index in [1.165, 1.54) is 0 Å². The van der Waals surface area contributed by atoms with Gasteiger partial charge in [0.1, 0.15) is 50.8 Å². The van der Waals surface area contributed by atoms with Crippen molar-refractivity contribution >= 4 is 5.78 Å². The molecule has 4 fully saturated rings. The van der Waals surface area contributed by atoms with Crippen LogP contribution in [-0.4, -0.2) is 83.1 Å². The molecule has 4 aliphatic heterocycles. The zero-order chi connectivity index (χ0) is 22.9. The zero-order valence-electron chi connectivity index (χ0n) is 18.6. The van der Waals surface area contributed by atoms with Gasteiger partial charge in [-0.1, -0.05) is 0 Å². The number of rotatable bonds is 14. The van der Waals surface area contributed by atoms with Crippen LogP contribution < -0.4 is 18.9 Å². The fraction of sp³-hybridized carbons (Fsp3) is 0.480. The first-order valence-corrected chi connectivity index (χ1v) is 11.5. The van der Waals surface area contributed by atoms with Gasteiger partial charge in [0.15, 0.2) is 28.8 Å². The summed E-state index contributed by atoms with van der Waals surface area (Å²) < 4.78 is 44.4. The first-order valence-electron chi connectivity index (χ1n) is 11.5. The van der Waals surface area contributed by atoms with E-state index in [4.69, 9.17) is 37.9 Å². The van der Waals surface area contributed by atoms with Gasteiger partial charge in [0.05, 0.1) is 26.4 Å². The fourth-order valence-corrected chi connectivity index (χ4v) is 3.32. The molecule has 2 aromatic carbocycles. The topological polar surface area (TPSA) is 104 Å². The summed E-state index contributed by atoms with van der Waals surface area (Å²) in [5.74, 6) is 2.01. The van der Waals surface area contributed by atoms with Crippen LogP contribution in [0.5, 0.6) is 23.0 Å². The monoisotopic (exact) mass is 470 g/mol. The van der Waals surface area contributed by atoms with E-state index in [-0.39, 0.29) is 30.2 Å². The molecule has 34 heavy (non-hydrogen) atoms. The minimum absolute atomic E-state index is 0.0858. The lowest BCUT2D eigenvalue weighted by atomic mass is 10.0. The number of ether oxygens (including phenoxy) is 8. The number of carbonyl (C=O) groups is 1. The minimum Gasteiger partial charge on any atom is -0.487 e. The van der Waals surface area contributed by atoms with Gasteiger partial charge in [-0.05, 0) is 36.4 Å². The van der Waals surface area contributed by atoms with E-state index in [2.05, 4.69) is 0 Å². The Labute approximate surface area is 196 Å². The second-order valence-corrected chi connectivity index (χ2v) is 8.72. The molecule has 0 spiro atoms. The van der Waals surface area contributed by atoms with Gasteiger partial charge in [0.25, 0.3) is 0 Å². The predicted molar refractivity (Wildman–Crippen MR) is 117 cm³/mol. The Balaban J connectivity index is 1.20. The largest absolute Gasteiger partial charge is 0.487 e. The van der Waals surface area contributed by atoms with Crippen molar-refractivity contribution in [2.45, 2.75) is 24.4 Å². The Kier molecular flexibility index (Phi) is 6.00. The van der Waals surface area contributed by atoms with Crippen molar-refractivity contribution in [2.24, 2.45) is 0 Å². The van der Waals surface area contributed by atoms with Crippen LogP contribution in [0.3, 0.4) is 0 Å². The van der Waals surface area contributed by atoms with E-state index < -0.39 is 0 Å². The van der Waals surface area contributed by atoms with E-state index >= 15 is 0 Å². The van der Waals surface area contributed by atoms with Gasteiger partial charge in [-0.2, -0.15) is 0 Å². The van der Waals surface area contributed by atoms with Gasteiger partial charge in [0, 0.05) is 11.1 Å². The summed E-state index contributed by atoms with van der Waals surface area (Å²) in [6.07, 6.45) is 0.408. The second-order valence-electron chi connectivity index (χ2n) is 8.72. The molecule has 180 valence electrons. The molecule has 6 rings (SSSR count). The van der Waals surface area contributed by atoms with Crippen molar-refractivity contribution in [3.8, 4) is 23.0 Å². The molecule has 9 nitrogen and oxygen atoms in total. The van der Waals surface area contributed by atoms with E-state index in [9.17, 15) is 4.79 Å². The molecular weight excluding hydrogens is 444 g/mol. The van der Waals surface area contributed by atoms with Crippen molar-refractivity contribution in [3.63, 3.8) is 0 Å². The smallest absolute Gasteiger partial charge is 0.193 e. The summed E-state index contributed by atoms with van der Waals surface area (Å²) in [5.41, 5.74) is 0.969. The molecule has 9 heteroatoms. The van der Waals surface area contributed by atoms with Crippen molar-refractivity contribution in [2.75, 3.05) is 52.9 Å². The van der Waals surface area contributed by atoms with Gasteiger partial charge < -0.3 is 37.9 Å². The quantitative estimate of drug-likeness (QED) is 0.303. The Bertz CT molecular complexity index is 957. The summed E-state index contributed by atoms with van der Waals surface area (Å²) in [4.78, 5) is 13.3. The summed E-state index contributed by atoms with van der Waals surface area (Å²) in [6, 6.07) is 10.4. The summed E-state index contributed by atoms with van der Waals surface area (Å²) >= 11 is 0. The lowest BCUT2D eigenvalue weighted by molar-refractivity contribution is 0.103. The highest BCUT2D eigenvalue weighted by Crippen LogP contribution is 2.34. The average Bonchev–Trinajstić information content (AvgIpc) is 3.71. The van der Waals surface area contributed by atoms with E-state index in [1.807, 2.05) is 0 Å². The van der Waals surface area contributed by atoms with Crippen LogP contribution in [0.2, 0.25) is 0 Å². The van der Waals surface area contributed by atoms with Crippen LogP contribution in [0, 0.1) is 0 Å². The van der Waals surface area contributed by atoms with Crippen LogP contribution in [-0.2, 0) is 18.9 Å². The predicted octanol–water partition coefficient (Wildman–Crippen LogP) is 2.03. The Hall–Kier alpha value is -2.85. The normalized spacial score (nSPS) is 25.9. The summed E-state index contributed by atoms with van der Waals surface area (Å²) in [5, 5.41) is 0. The number of hydrogen-bond donors (Lipinski definition) is 0. The number of ketones is 1. The van der Waals surface area contributed by atoms with Crippen LogP contribution in [0.4, 0.5) is 0 Å². The molecule has 4 unspecified atom stereocenters. The standard InChI is InChI=1S/C25H26O9/c26-25(15-1-3-21(31-11-17-7-27-17)23(5-15)33-13-19-9-29-19)16-2-4-22(32-12-18-8-28-18)24(6-16)34-14-20-10-30-20/h1-6,17-20H,7-14H2. The highest BCUT2D eigenvalue weighted by atomic mass is 16.6. The molecule has 4 saturated heterocycles. The SMILES string of the molecule is O=C(c1ccc(OCC2CO2)c(OCC2CO2)c1)c1ccc(OCC2CO2)c(OCC2CO2)c1. The minimum atomic E-state index is -0.158. The number of benzene rings is 2. The molecule has 0 saturated carbocycles. The fourth-order valence-electron chi connectivity index (χ4n) is 3.32. The first-order chi connectivity index (χ1) is 16.7. The zero-order valence-corrected chi connectivity index (χ0v) is 18.6. The third kappa shape index (κ3) is 5.79. The second kappa shape index (κ2) is 9.42. The van der Waals surface area contributed by atoms with Crippen molar-refractivity contribution in [1.82, 2.24) is 0 Å². The van der Waals surface area contributed by atoms with E-state index in [1.54, 1.807) is 36.4 Å². The average molecular weight is 470 g/mol. The molecule has 0 N–H and O–H groups in total. The van der Waals surface area contributed by atoms with Crippen LogP contribution in [0.1, 0.15) is 15.9 Å². The maximum atomic E-state index is 13.3. The molecule has 0 aromatic heterocycles. The molecule has 0 bridgehead atoms. The summed E-state index contributed by atoms with van der Waals surface area (Å²) in [6.45, 7) is 4.48. The van der Waals surface area contributed by atoms with Crippen LogP contribution in [0.15, 0.2) is 36.4 Å². The molecule has 2 aromatic rings. The van der Waals surface area contributed by atoms with Gasteiger partial charge in [-0.3, -0.25) is 4.79 Å². The number of hydrogen-bond acceptors (Lipinski definition) is 9. The summed E-state index contributed by atoms with van der Waals surface area (Å²) in [7, 11) is 0. The molecule has 4 aliphatic rings. The lowest BCUT2D eigenvalue weighted by Gasteiger charge is -2.15. The molecule has 0 radical (unpaired) electrons. The molecule has 4 heterocycles. The third-order valence-corrected chi connectivity index (χ3v) is 5.72. The van der Waals surface area contributed by atoms with E-state index in [0.717, 1.165) is 0 Å². The first kappa shape index (κ1) is 21.7. The van der Waals surface area contributed by atoms with Crippen molar-refractivity contribution in [1.29, 1.82) is 0 Å². The number of epoxide rings is 4. The molecular formula is C25H26O9. The molecule has 4 atom stereocenters. The third-order valence-electron chi connectivity index (χ3n) is 5.72. The van der Waals surface area contributed by atoms with Crippen LogP contribution in [0.25, 0.3) is 0 Å². The Morgan fingerprint density at radius 2 is 0.912 bits per heavy atom. The highest BCUT2D eigenvalue weighted by Gasteiger charge is 2.28. The lowest BCUT2D eigenvalue weighted by Crippen LogP contribution is -2.11. The number of carbonyl (C=O) groups excluding carboxylic acids is 1. The Morgan fingerprint density at radius 1 is 0.588 bits per heavy atom. The molecule has 0 aliphatic carbocycles. The Morgan fingerprint density at radius 3 is 1.24 bits per heavy atom. The van der Waals surface area contributed by atoms with Crippen LogP contribution >= 0.6 is 0 Å². The highest BCUT2D eigenvalue weighted by molar-refractivity contribution is 6.09. The van der Waals surface area contributed by atoms with Gasteiger partial charge in [-0.25, -0.2) is 0 Å². The van der Waals surface area contributed by atoms with Gasteiger partial charge >= 0.3 is 0 Å². The van der Waals surface area contributed by atoms with Gasteiger partial charge in [-0.15, -0.1) is 0 Å².